The lowest BCUT2D eigenvalue weighted by molar-refractivity contribution is 0.102. The summed E-state index contributed by atoms with van der Waals surface area (Å²) in [6.45, 7) is 2.02. The molecule has 0 aliphatic heterocycles. The average molecular weight is 463 g/mol. The van der Waals surface area contributed by atoms with E-state index in [-0.39, 0.29) is 12.3 Å². The van der Waals surface area contributed by atoms with E-state index in [1.165, 1.54) is 0 Å². The number of carbonyl (C=O) groups excluding carboxylic acids is 1. The summed E-state index contributed by atoms with van der Waals surface area (Å²) in [7, 11) is 6.31. The van der Waals surface area contributed by atoms with Gasteiger partial charge in [0, 0.05) is 18.9 Å². The van der Waals surface area contributed by atoms with Crippen LogP contribution < -0.4 is 19.5 Å². The summed E-state index contributed by atoms with van der Waals surface area (Å²) in [4.78, 5) is 13.0. The fraction of sp³-hybridized carbons (Fsp3) is 0.250. The quantitative estimate of drug-likeness (QED) is 0.423. The first-order valence-electron chi connectivity index (χ1n) is 10.4. The summed E-state index contributed by atoms with van der Waals surface area (Å²) < 4.78 is 23.0. The highest BCUT2D eigenvalue weighted by Gasteiger charge is 2.23. The van der Waals surface area contributed by atoms with Crippen LogP contribution in [-0.4, -0.2) is 54.2 Å². The molecule has 0 saturated carbocycles. The molecule has 0 aliphatic carbocycles. The van der Waals surface area contributed by atoms with Crippen molar-refractivity contribution in [3.63, 3.8) is 0 Å². The Hall–Kier alpha value is -4.18. The molecule has 2 aromatic carbocycles. The average Bonchev–Trinajstić information content (AvgIpc) is 3.23. The van der Waals surface area contributed by atoms with Gasteiger partial charge >= 0.3 is 0 Å². The lowest BCUT2D eigenvalue weighted by Gasteiger charge is -2.10. The van der Waals surface area contributed by atoms with E-state index in [0.717, 1.165) is 11.1 Å². The summed E-state index contributed by atoms with van der Waals surface area (Å²) in [6, 6.07) is 12.6. The number of rotatable bonds is 8. The molecule has 34 heavy (non-hydrogen) atoms. The first-order chi connectivity index (χ1) is 16.5. The zero-order valence-electron chi connectivity index (χ0n) is 19.6. The highest BCUT2D eigenvalue weighted by atomic mass is 16.5. The molecule has 4 aromatic rings. The molecule has 0 saturated heterocycles. The van der Waals surface area contributed by atoms with Gasteiger partial charge in [0.1, 0.15) is 5.75 Å². The van der Waals surface area contributed by atoms with E-state index >= 15 is 0 Å². The fourth-order valence-corrected chi connectivity index (χ4v) is 3.68. The number of nitrogens with one attached hydrogen (secondary N) is 1. The number of fused-ring (bicyclic) bond motifs is 1. The molecule has 4 rings (SSSR count). The van der Waals surface area contributed by atoms with Crippen LogP contribution in [0.3, 0.4) is 0 Å². The van der Waals surface area contributed by atoms with E-state index in [4.69, 9.17) is 18.9 Å². The van der Waals surface area contributed by atoms with Gasteiger partial charge in [-0.05, 0) is 36.8 Å². The second-order valence-electron chi connectivity index (χ2n) is 7.38. The van der Waals surface area contributed by atoms with E-state index < -0.39 is 5.91 Å². The van der Waals surface area contributed by atoms with Gasteiger partial charge in [0.05, 0.1) is 44.9 Å². The summed E-state index contributed by atoms with van der Waals surface area (Å²) in [5, 5.41) is 16.1. The fourth-order valence-electron chi connectivity index (χ4n) is 3.68. The van der Waals surface area contributed by atoms with E-state index in [1.807, 2.05) is 18.2 Å². The number of aryl methyl sites for hydroxylation is 1. The summed E-state index contributed by atoms with van der Waals surface area (Å²) >= 11 is 0. The second kappa shape index (κ2) is 9.75. The van der Waals surface area contributed by atoms with Crippen molar-refractivity contribution in [2.75, 3.05) is 33.8 Å². The van der Waals surface area contributed by atoms with Crippen molar-refractivity contribution in [3.8, 4) is 28.4 Å². The first kappa shape index (κ1) is 23.0. The molecule has 0 radical (unpaired) electrons. The lowest BCUT2D eigenvalue weighted by Crippen LogP contribution is -2.18. The smallest absolute Gasteiger partial charge is 0.278 e. The lowest BCUT2D eigenvalue weighted by atomic mass is 10.1. The molecule has 0 aliphatic rings. The number of amides is 1. The highest BCUT2D eigenvalue weighted by molar-refractivity contribution is 6.03. The van der Waals surface area contributed by atoms with Crippen LogP contribution in [0.4, 0.5) is 5.69 Å². The summed E-state index contributed by atoms with van der Waals surface area (Å²) in [5.74, 6) is 1.40. The maximum Gasteiger partial charge on any atom is 0.278 e. The third kappa shape index (κ3) is 4.23. The molecule has 0 fully saturated rings. The molecule has 0 atom stereocenters. The number of hydrogen-bond donors (Lipinski definition) is 1. The van der Waals surface area contributed by atoms with Crippen LogP contribution in [0.15, 0.2) is 42.5 Å². The summed E-state index contributed by atoms with van der Waals surface area (Å²) in [6.07, 6.45) is 0. The Labute approximate surface area is 196 Å². The van der Waals surface area contributed by atoms with E-state index in [9.17, 15) is 4.79 Å². The van der Waals surface area contributed by atoms with Gasteiger partial charge in [0.15, 0.2) is 22.8 Å². The Morgan fingerprint density at radius 2 is 1.76 bits per heavy atom. The van der Waals surface area contributed by atoms with E-state index in [0.29, 0.717) is 40.0 Å². The number of nitrogens with zero attached hydrogens (tertiary/aromatic N) is 4. The standard InChI is InChI=1S/C24H25N5O5/c1-14-22(24(30)25-16-7-6-8-17(12-16)32-3)26-27-23-21(18(13-31-2)28-29(14)23)15-9-10-19(33-4)20(11-15)34-5/h6-12H,13H2,1-5H3,(H,25,30). The minimum Gasteiger partial charge on any atom is -0.497 e. The molecule has 10 heteroatoms. The maximum atomic E-state index is 13.0. The van der Waals surface area contributed by atoms with Crippen molar-refractivity contribution in [2.45, 2.75) is 13.5 Å². The van der Waals surface area contributed by atoms with E-state index in [1.54, 1.807) is 64.1 Å². The Morgan fingerprint density at radius 3 is 2.47 bits per heavy atom. The molecular weight excluding hydrogens is 438 g/mol. The third-order valence-corrected chi connectivity index (χ3v) is 5.33. The van der Waals surface area contributed by atoms with Crippen LogP contribution in [0.2, 0.25) is 0 Å². The second-order valence-corrected chi connectivity index (χ2v) is 7.38. The van der Waals surface area contributed by atoms with Crippen LogP contribution in [0, 0.1) is 6.92 Å². The molecule has 2 heterocycles. The minimum atomic E-state index is -0.406. The number of ether oxygens (including phenoxy) is 4. The number of aromatic nitrogens is 4. The highest BCUT2D eigenvalue weighted by Crippen LogP contribution is 2.35. The van der Waals surface area contributed by atoms with Gasteiger partial charge in [-0.25, -0.2) is 4.52 Å². The maximum absolute atomic E-state index is 13.0. The molecule has 0 unspecified atom stereocenters. The molecule has 0 bridgehead atoms. The van der Waals surface area contributed by atoms with Crippen molar-refractivity contribution >= 4 is 17.2 Å². The van der Waals surface area contributed by atoms with Crippen LogP contribution in [0.1, 0.15) is 21.9 Å². The molecule has 10 nitrogen and oxygen atoms in total. The number of hydrogen-bond acceptors (Lipinski definition) is 8. The van der Waals surface area contributed by atoms with Gasteiger partial charge in [0.2, 0.25) is 0 Å². The Kier molecular flexibility index (Phi) is 6.60. The topological polar surface area (TPSA) is 109 Å². The Balaban J connectivity index is 1.78. The predicted octanol–water partition coefficient (Wildman–Crippen LogP) is 3.52. The number of methoxy groups -OCH3 is 4. The molecule has 1 N–H and O–H groups in total. The minimum absolute atomic E-state index is 0.153. The number of anilines is 1. The zero-order valence-corrected chi connectivity index (χ0v) is 19.6. The van der Waals surface area contributed by atoms with Gasteiger partial charge in [0.25, 0.3) is 5.91 Å². The van der Waals surface area contributed by atoms with Gasteiger partial charge < -0.3 is 24.3 Å². The Bertz CT molecular complexity index is 1350. The Morgan fingerprint density at radius 1 is 0.971 bits per heavy atom. The SMILES string of the molecule is COCc1nn2c(C)c(C(=O)Nc3cccc(OC)c3)nnc2c1-c1ccc(OC)c(OC)c1. The zero-order chi connectivity index (χ0) is 24.2. The van der Waals surface area contributed by atoms with Gasteiger partial charge in [-0.3, -0.25) is 4.79 Å². The number of benzene rings is 2. The first-order valence-corrected chi connectivity index (χ1v) is 10.4. The number of carbonyl (C=O) groups is 1. The molecule has 1 amide bonds. The van der Waals surface area contributed by atoms with Gasteiger partial charge in [-0.15, -0.1) is 10.2 Å². The van der Waals surface area contributed by atoms with Crippen molar-refractivity contribution in [1.82, 2.24) is 19.8 Å². The van der Waals surface area contributed by atoms with Crippen molar-refractivity contribution in [1.29, 1.82) is 0 Å². The van der Waals surface area contributed by atoms with Crippen LogP contribution in [-0.2, 0) is 11.3 Å². The molecule has 176 valence electrons. The van der Waals surface area contributed by atoms with Gasteiger partial charge in [-0.2, -0.15) is 5.10 Å². The largest absolute Gasteiger partial charge is 0.497 e. The molecule has 2 aromatic heterocycles. The van der Waals surface area contributed by atoms with Crippen LogP contribution in [0.5, 0.6) is 17.2 Å². The predicted molar refractivity (Wildman–Crippen MR) is 126 cm³/mol. The monoisotopic (exact) mass is 463 g/mol. The third-order valence-electron chi connectivity index (χ3n) is 5.33. The van der Waals surface area contributed by atoms with E-state index in [2.05, 4.69) is 20.6 Å². The van der Waals surface area contributed by atoms with Crippen molar-refractivity contribution in [2.24, 2.45) is 0 Å². The van der Waals surface area contributed by atoms with Crippen LogP contribution >= 0.6 is 0 Å². The molecular formula is C24H25N5O5. The normalized spacial score (nSPS) is 10.9. The van der Waals surface area contributed by atoms with Gasteiger partial charge in [-0.1, -0.05) is 12.1 Å². The van der Waals surface area contributed by atoms with Crippen molar-refractivity contribution in [3.05, 3.63) is 59.5 Å². The molecule has 0 spiro atoms. The summed E-state index contributed by atoms with van der Waals surface area (Å²) in [5.41, 5.74) is 3.96. The van der Waals surface area contributed by atoms with Crippen LogP contribution in [0.25, 0.3) is 16.8 Å². The van der Waals surface area contributed by atoms with Crippen molar-refractivity contribution < 1.29 is 23.7 Å².